The summed E-state index contributed by atoms with van der Waals surface area (Å²) in [5.74, 6) is 1.56. The maximum Gasteiger partial charge on any atom is 0.298 e. The molecule has 30 heavy (non-hydrogen) atoms. The highest BCUT2D eigenvalue weighted by atomic mass is 32.1. The standard InChI is InChI=1S/C23H25N3O3S/c1-3-25(15-19-6-5-13-30-19)16-23(27)26-21(22-7-4-12-29-22)14-20(24-26)17-8-10-18(28-2)11-9-17/h4-13,21H,3,14-16H2,1-2H3/p+1/t21-/m0/s1. The zero-order valence-corrected chi connectivity index (χ0v) is 18.0. The third-order valence-electron chi connectivity index (χ3n) is 5.37. The molecule has 0 saturated heterocycles. The van der Waals surface area contributed by atoms with Crippen molar-refractivity contribution in [2.45, 2.75) is 25.9 Å². The molecule has 1 aliphatic rings. The molecule has 6 nitrogen and oxygen atoms in total. The highest BCUT2D eigenvalue weighted by molar-refractivity contribution is 7.09. The molecule has 1 aliphatic heterocycles. The van der Waals surface area contributed by atoms with Crippen LogP contribution in [0.15, 0.2) is 69.7 Å². The van der Waals surface area contributed by atoms with Crippen molar-refractivity contribution in [2.75, 3.05) is 20.2 Å². The van der Waals surface area contributed by atoms with E-state index in [1.54, 1.807) is 29.7 Å². The van der Waals surface area contributed by atoms with E-state index in [1.807, 2.05) is 42.5 Å². The fourth-order valence-electron chi connectivity index (χ4n) is 3.67. The number of hydrogen-bond donors (Lipinski definition) is 1. The van der Waals surface area contributed by atoms with E-state index in [9.17, 15) is 4.79 Å². The Bertz CT molecular complexity index is 981. The number of hydrogen-bond acceptors (Lipinski definition) is 5. The van der Waals surface area contributed by atoms with E-state index in [4.69, 9.17) is 14.3 Å². The largest absolute Gasteiger partial charge is 0.497 e. The van der Waals surface area contributed by atoms with Crippen LogP contribution in [0.1, 0.15) is 35.6 Å². The van der Waals surface area contributed by atoms with Gasteiger partial charge in [0.1, 0.15) is 24.1 Å². The van der Waals surface area contributed by atoms with Crippen LogP contribution in [-0.2, 0) is 11.3 Å². The van der Waals surface area contributed by atoms with Crippen LogP contribution in [0.25, 0.3) is 0 Å². The average molecular weight is 425 g/mol. The summed E-state index contributed by atoms with van der Waals surface area (Å²) in [6.45, 7) is 4.22. The predicted octanol–water partition coefficient (Wildman–Crippen LogP) is 3.13. The molecule has 2 aromatic heterocycles. The molecule has 1 amide bonds. The number of thiophene rings is 1. The molecule has 3 aromatic rings. The lowest BCUT2D eigenvalue weighted by atomic mass is 10.0. The molecule has 1 N–H and O–H groups in total. The van der Waals surface area contributed by atoms with Gasteiger partial charge in [-0.3, -0.25) is 4.79 Å². The molecule has 156 valence electrons. The van der Waals surface area contributed by atoms with Crippen molar-refractivity contribution in [1.82, 2.24) is 5.01 Å². The molecule has 0 radical (unpaired) electrons. The number of rotatable bonds is 8. The van der Waals surface area contributed by atoms with E-state index in [1.165, 1.54) is 9.78 Å². The van der Waals surface area contributed by atoms with Crippen molar-refractivity contribution < 1.29 is 18.8 Å². The van der Waals surface area contributed by atoms with Gasteiger partial charge < -0.3 is 14.1 Å². The van der Waals surface area contributed by atoms with E-state index < -0.39 is 0 Å². The van der Waals surface area contributed by atoms with Crippen LogP contribution in [0.4, 0.5) is 0 Å². The molecule has 1 aromatic carbocycles. The number of hydrazone groups is 1. The number of carbonyl (C=O) groups is 1. The minimum atomic E-state index is -0.218. The SMILES string of the molecule is CC[NH+](CC(=O)N1N=C(c2ccc(OC)cc2)C[C@H]1c1ccco1)Cc1cccs1. The van der Waals surface area contributed by atoms with Crippen molar-refractivity contribution in [3.63, 3.8) is 0 Å². The maximum absolute atomic E-state index is 13.3. The first kappa shape index (κ1) is 20.4. The van der Waals surface area contributed by atoms with E-state index in [-0.39, 0.29) is 11.9 Å². The van der Waals surface area contributed by atoms with Gasteiger partial charge in [0.25, 0.3) is 5.91 Å². The summed E-state index contributed by atoms with van der Waals surface area (Å²) in [7, 11) is 1.65. The van der Waals surface area contributed by atoms with Crippen LogP contribution in [0.3, 0.4) is 0 Å². The lowest BCUT2D eigenvalue weighted by molar-refractivity contribution is -0.904. The number of furan rings is 1. The lowest BCUT2D eigenvalue weighted by Gasteiger charge is -2.23. The molecule has 0 fully saturated rings. The minimum absolute atomic E-state index is 0.00770. The third kappa shape index (κ3) is 4.47. The summed E-state index contributed by atoms with van der Waals surface area (Å²) >= 11 is 1.73. The molecule has 0 bridgehead atoms. The zero-order chi connectivity index (χ0) is 20.9. The van der Waals surface area contributed by atoms with Crippen molar-refractivity contribution >= 4 is 23.0 Å². The molecule has 0 spiro atoms. The van der Waals surface area contributed by atoms with E-state index >= 15 is 0 Å². The summed E-state index contributed by atoms with van der Waals surface area (Å²) in [5.41, 5.74) is 1.87. The Balaban J connectivity index is 1.54. The first-order valence-corrected chi connectivity index (χ1v) is 11.0. The van der Waals surface area contributed by atoms with Crippen molar-refractivity contribution in [1.29, 1.82) is 0 Å². The van der Waals surface area contributed by atoms with Crippen molar-refractivity contribution in [3.8, 4) is 5.75 Å². The van der Waals surface area contributed by atoms with Crippen LogP contribution >= 0.6 is 11.3 Å². The summed E-state index contributed by atoms with van der Waals surface area (Å²) in [4.78, 5) is 15.8. The number of ether oxygens (including phenoxy) is 1. The predicted molar refractivity (Wildman–Crippen MR) is 117 cm³/mol. The molecule has 0 saturated carbocycles. The second-order valence-electron chi connectivity index (χ2n) is 7.29. The van der Waals surface area contributed by atoms with E-state index in [2.05, 4.69) is 18.4 Å². The Morgan fingerprint density at radius 1 is 1.27 bits per heavy atom. The molecule has 4 rings (SSSR count). The summed E-state index contributed by atoms with van der Waals surface area (Å²) < 4.78 is 10.9. The molecular weight excluding hydrogens is 398 g/mol. The Hall–Kier alpha value is -2.90. The summed E-state index contributed by atoms with van der Waals surface area (Å²) in [6.07, 6.45) is 2.27. The summed E-state index contributed by atoms with van der Waals surface area (Å²) in [5, 5.41) is 8.41. The fraction of sp³-hybridized carbons (Fsp3) is 0.304. The van der Waals surface area contributed by atoms with Crippen LogP contribution in [0, 0.1) is 0 Å². The topological polar surface area (TPSA) is 59.5 Å². The van der Waals surface area contributed by atoms with Gasteiger partial charge in [-0.25, -0.2) is 5.01 Å². The van der Waals surface area contributed by atoms with Gasteiger partial charge in [0.05, 0.1) is 30.5 Å². The first-order chi connectivity index (χ1) is 14.7. The monoisotopic (exact) mass is 424 g/mol. The zero-order valence-electron chi connectivity index (χ0n) is 17.2. The van der Waals surface area contributed by atoms with Gasteiger partial charge in [-0.2, -0.15) is 5.10 Å². The molecule has 3 heterocycles. The first-order valence-electron chi connectivity index (χ1n) is 10.1. The number of methoxy groups -OCH3 is 1. The second kappa shape index (κ2) is 9.28. The van der Waals surface area contributed by atoms with E-state index in [0.717, 1.165) is 35.9 Å². The Morgan fingerprint density at radius 2 is 2.10 bits per heavy atom. The van der Waals surface area contributed by atoms with Gasteiger partial charge >= 0.3 is 0 Å². The van der Waals surface area contributed by atoms with Gasteiger partial charge in [0, 0.05) is 6.42 Å². The van der Waals surface area contributed by atoms with Crippen molar-refractivity contribution in [3.05, 3.63) is 76.4 Å². The lowest BCUT2D eigenvalue weighted by Crippen LogP contribution is -3.11. The Labute approximate surface area is 180 Å². The van der Waals surface area contributed by atoms with Gasteiger partial charge in [-0.1, -0.05) is 6.07 Å². The molecule has 0 aliphatic carbocycles. The Morgan fingerprint density at radius 3 is 2.73 bits per heavy atom. The number of benzene rings is 1. The van der Waals surface area contributed by atoms with Crippen LogP contribution < -0.4 is 9.64 Å². The highest BCUT2D eigenvalue weighted by Crippen LogP contribution is 2.33. The minimum Gasteiger partial charge on any atom is -0.497 e. The third-order valence-corrected chi connectivity index (χ3v) is 6.24. The highest BCUT2D eigenvalue weighted by Gasteiger charge is 2.36. The van der Waals surface area contributed by atoms with Crippen LogP contribution in [0.2, 0.25) is 0 Å². The maximum atomic E-state index is 13.3. The van der Waals surface area contributed by atoms with Gasteiger partial charge in [-0.05, 0) is 60.3 Å². The number of likely N-dealkylation sites (N-methyl/N-ethyl adjacent to an activating group) is 1. The number of amides is 1. The fourth-order valence-corrected chi connectivity index (χ4v) is 4.44. The smallest absolute Gasteiger partial charge is 0.298 e. The quantitative estimate of drug-likeness (QED) is 0.604. The number of carbonyl (C=O) groups excluding carboxylic acids is 1. The Kier molecular flexibility index (Phi) is 6.30. The molecule has 1 unspecified atom stereocenters. The van der Waals surface area contributed by atoms with Crippen molar-refractivity contribution in [2.24, 2.45) is 5.10 Å². The van der Waals surface area contributed by atoms with Crippen LogP contribution in [0.5, 0.6) is 5.75 Å². The molecular formula is C23H26N3O3S+. The number of quaternary nitrogens is 1. The van der Waals surface area contributed by atoms with Gasteiger partial charge in [0.2, 0.25) is 0 Å². The molecule has 7 heteroatoms. The normalized spacial score (nSPS) is 17.1. The average Bonchev–Trinajstić information content (AvgIpc) is 3.54. The number of nitrogens with one attached hydrogen (secondary N) is 1. The van der Waals surface area contributed by atoms with Gasteiger partial charge in [-0.15, -0.1) is 11.3 Å². The van der Waals surface area contributed by atoms with Crippen LogP contribution in [-0.4, -0.2) is 36.8 Å². The second-order valence-corrected chi connectivity index (χ2v) is 8.32. The summed E-state index contributed by atoms with van der Waals surface area (Å²) in [6, 6.07) is 15.5. The van der Waals surface area contributed by atoms with E-state index in [0.29, 0.717) is 13.0 Å². The molecule has 2 atom stereocenters. The number of nitrogens with zero attached hydrogens (tertiary/aromatic N) is 2. The van der Waals surface area contributed by atoms with Gasteiger partial charge in [0.15, 0.2) is 6.54 Å².